The molecular formula is C12H21N3O. The minimum atomic E-state index is -0.182. The zero-order valence-electron chi connectivity index (χ0n) is 10.3. The second kappa shape index (κ2) is 5.92. The molecule has 0 spiro atoms. The SMILES string of the molecule is CCC(CC)(CO)NCc1ccnc(C)n1. The number of rotatable bonds is 6. The molecule has 0 atom stereocenters. The predicted molar refractivity (Wildman–Crippen MR) is 64.0 cm³/mol. The van der Waals surface area contributed by atoms with Crippen LogP contribution >= 0.6 is 0 Å². The van der Waals surface area contributed by atoms with Crippen molar-refractivity contribution in [2.24, 2.45) is 0 Å². The van der Waals surface area contributed by atoms with Crippen LogP contribution in [0.1, 0.15) is 38.2 Å². The lowest BCUT2D eigenvalue weighted by atomic mass is 9.94. The van der Waals surface area contributed by atoms with Gasteiger partial charge < -0.3 is 10.4 Å². The predicted octanol–water partition coefficient (Wildman–Crippen LogP) is 1.43. The molecule has 1 rings (SSSR count). The number of nitrogens with zero attached hydrogens (tertiary/aromatic N) is 2. The fourth-order valence-corrected chi connectivity index (χ4v) is 1.66. The Morgan fingerprint density at radius 3 is 2.56 bits per heavy atom. The summed E-state index contributed by atoms with van der Waals surface area (Å²) in [6, 6.07) is 1.90. The Morgan fingerprint density at radius 1 is 1.38 bits per heavy atom. The first kappa shape index (κ1) is 13.1. The van der Waals surface area contributed by atoms with E-state index in [4.69, 9.17) is 0 Å². The van der Waals surface area contributed by atoms with Crippen molar-refractivity contribution in [3.8, 4) is 0 Å². The van der Waals surface area contributed by atoms with E-state index in [1.807, 2.05) is 13.0 Å². The Balaban J connectivity index is 2.62. The molecular weight excluding hydrogens is 202 g/mol. The Labute approximate surface area is 97.1 Å². The van der Waals surface area contributed by atoms with E-state index in [0.29, 0.717) is 6.54 Å². The summed E-state index contributed by atoms with van der Waals surface area (Å²) >= 11 is 0. The van der Waals surface area contributed by atoms with Gasteiger partial charge in [-0.2, -0.15) is 0 Å². The lowest BCUT2D eigenvalue weighted by Gasteiger charge is -2.30. The number of hydrogen-bond donors (Lipinski definition) is 2. The molecule has 0 aromatic carbocycles. The first-order chi connectivity index (χ1) is 7.65. The Kier molecular flexibility index (Phi) is 4.83. The second-order valence-electron chi connectivity index (χ2n) is 4.09. The lowest BCUT2D eigenvalue weighted by molar-refractivity contribution is 0.149. The molecule has 0 amide bonds. The molecule has 4 heteroatoms. The normalized spacial score (nSPS) is 11.8. The first-order valence-electron chi connectivity index (χ1n) is 5.80. The highest BCUT2D eigenvalue weighted by Gasteiger charge is 2.24. The molecule has 0 fully saturated rings. The van der Waals surface area contributed by atoms with Crippen LogP contribution < -0.4 is 5.32 Å². The topological polar surface area (TPSA) is 58.0 Å². The van der Waals surface area contributed by atoms with Gasteiger partial charge in [-0.1, -0.05) is 13.8 Å². The van der Waals surface area contributed by atoms with Crippen molar-refractivity contribution in [3.63, 3.8) is 0 Å². The summed E-state index contributed by atoms with van der Waals surface area (Å²) < 4.78 is 0. The number of aromatic nitrogens is 2. The molecule has 0 aliphatic heterocycles. The molecule has 0 bridgehead atoms. The van der Waals surface area contributed by atoms with Gasteiger partial charge in [-0.15, -0.1) is 0 Å². The summed E-state index contributed by atoms with van der Waals surface area (Å²) in [6.07, 6.45) is 3.58. The third-order valence-electron chi connectivity index (χ3n) is 3.13. The quantitative estimate of drug-likeness (QED) is 0.766. The van der Waals surface area contributed by atoms with Gasteiger partial charge in [0.05, 0.1) is 12.3 Å². The van der Waals surface area contributed by atoms with Gasteiger partial charge in [-0.05, 0) is 25.8 Å². The van der Waals surface area contributed by atoms with Crippen LogP contribution in [0.5, 0.6) is 0 Å². The maximum atomic E-state index is 9.41. The van der Waals surface area contributed by atoms with E-state index in [9.17, 15) is 5.11 Å². The van der Waals surface area contributed by atoms with E-state index in [2.05, 4.69) is 29.1 Å². The third kappa shape index (κ3) is 3.25. The molecule has 4 nitrogen and oxygen atoms in total. The summed E-state index contributed by atoms with van der Waals surface area (Å²) in [6.45, 7) is 6.87. The van der Waals surface area contributed by atoms with Gasteiger partial charge in [0.25, 0.3) is 0 Å². The molecule has 0 saturated heterocycles. The lowest BCUT2D eigenvalue weighted by Crippen LogP contribution is -2.47. The van der Waals surface area contributed by atoms with E-state index >= 15 is 0 Å². The van der Waals surface area contributed by atoms with Crippen LogP contribution in [0.15, 0.2) is 12.3 Å². The Bertz CT molecular complexity index is 316. The molecule has 2 N–H and O–H groups in total. The molecule has 1 heterocycles. The molecule has 1 aromatic heterocycles. The summed E-state index contributed by atoms with van der Waals surface area (Å²) in [5.74, 6) is 0.780. The highest BCUT2D eigenvalue weighted by molar-refractivity contribution is 5.02. The van der Waals surface area contributed by atoms with Crippen LogP contribution in [0.4, 0.5) is 0 Å². The van der Waals surface area contributed by atoms with Crippen LogP contribution in [-0.4, -0.2) is 27.2 Å². The van der Waals surface area contributed by atoms with Crippen molar-refractivity contribution in [1.29, 1.82) is 0 Å². The molecule has 1 aromatic rings. The number of aliphatic hydroxyl groups excluding tert-OH is 1. The number of hydrogen-bond acceptors (Lipinski definition) is 4. The maximum Gasteiger partial charge on any atom is 0.125 e. The van der Waals surface area contributed by atoms with Crippen molar-refractivity contribution in [2.45, 2.75) is 45.7 Å². The smallest absolute Gasteiger partial charge is 0.125 e. The van der Waals surface area contributed by atoms with Crippen molar-refractivity contribution < 1.29 is 5.11 Å². The monoisotopic (exact) mass is 223 g/mol. The highest BCUT2D eigenvalue weighted by Crippen LogP contribution is 2.14. The van der Waals surface area contributed by atoms with Crippen LogP contribution in [0, 0.1) is 6.92 Å². The standard InChI is InChI=1S/C12H21N3O/c1-4-12(5-2,9-16)14-8-11-6-7-13-10(3)15-11/h6-7,14,16H,4-5,8-9H2,1-3H3. The summed E-state index contributed by atoms with van der Waals surface area (Å²) in [4.78, 5) is 8.38. The van der Waals surface area contributed by atoms with Crippen molar-refractivity contribution in [3.05, 3.63) is 23.8 Å². The minimum Gasteiger partial charge on any atom is -0.394 e. The van der Waals surface area contributed by atoms with E-state index in [1.54, 1.807) is 6.20 Å². The average Bonchev–Trinajstić information content (AvgIpc) is 2.32. The van der Waals surface area contributed by atoms with Crippen molar-refractivity contribution in [1.82, 2.24) is 15.3 Å². The van der Waals surface area contributed by atoms with Crippen molar-refractivity contribution >= 4 is 0 Å². The molecule has 0 unspecified atom stereocenters. The number of aliphatic hydroxyl groups is 1. The van der Waals surface area contributed by atoms with Crippen LogP contribution in [0.2, 0.25) is 0 Å². The van der Waals surface area contributed by atoms with Gasteiger partial charge in [0.1, 0.15) is 5.82 Å². The molecule has 0 saturated carbocycles. The first-order valence-corrected chi connectivity index (χ1v) is 5.80. The minimum absolute atomic E-state index is 0.157. The summed E-state index contributed by atoms with van der Waals surface area (Å²) in [5.41, 5.74) is 0.783. The van der Waals surface area contributed by atoms with Gasteiger partial charge in [0.15, 0.2) is 0 Å². The van der Waals surface area contributed by atoms with Gasteiger partial charge >= 0.3 is 0 Å². The zero-order valence-corrected chi connectivity index (χ0v) is 10.3. The molecule has 0 radical (unpaired) electrons. The van der Waals surface area contributed by atoms with E-state index in [0.717, 1.165) is 24.4 Å². The van der Waals surface area contributed by atoms with Crippen LogP contribution in [0.25, 0.3) is 0 Å². The average molecular weight is 223 g/mol. The molecule has 0 aliphatic rings. The highest BCUT2D eigenvalue weighted by atomic mass is 16.3. The van der Waals surface area contributed by atoms with Gasteiger partial charge in [0, 0.05) is 18.3 Å². The fraction of sp³-hybridized carbons (Fsp3) is 0.667. The van der Waals surface area contributed by atoms with Gasteiger partial charge in [-0.3, -0.25) is 0 Å². The Hall–Kier alpha value is -1.00. The zero-order chi connectivity index (χ0) is 12.0. The van der Waals surface area contributed by atoms with E-state index < -0.39 is 0 Å². The number of aryl methyl sites for hydroxylation is 1. The molecule has 16 heavy (non-hydrogen) atoms. The summed E-state index contributed by atoms with van der Waals surface area (Å²) in [7, 11) is 0. The molecule has 0 aliphatic carbocycles. The van der Waals surface area contributed by atoms with Gasteiger partial charge in [0.2, 0.25) is 0 Å². The van der Waals surface area contributed by atoms with Crippen molar-refractivity contribution in [2.75, 3.05) is 6.61 Å². The number of nitrogens with one attached hydrogen (secondary N) is 1. The molecule has 90 valence electrons. The largest absolute Gasteiger partial charge is 0.394 e. The maximum absolute atomic E-state index is 9.41. The van der Waals surface area contributed by atoms with Crippen LogP contribution in [0.3, 0.4) is 0 Å². The van der Waals surface area contributed by atoms with Crippen LogP contribution in [-0.2, 0) is 6.54 Å². The van der Waals surface area contributed by atoms with E-state index in [1.165, 1.54) is 0 Å². The van der Waals surface area contributed by atoms with Gasteiger partial charge in [-0.25, -0.2) is 9.97 Å². The second-order valence-corrected chi connectivity index (χ2v) is 4.09. The Morgan fingerprint density at radius 2 is 2.06 bits per heavy atom. The van der Waals surface area contributed by atoms with E-state index in [-0.39, 0.29) is 12.1 Å². The summed E-state index contributed by atoms with van der Waals surface area (Å²) in [5, 5.41) is 12.8. The third-order valence-corrected chi connectivity index (χ3v) is 3.13. The fourth-order valence-electron chi connectivity index (χ4n) is 1.66.